The fourth-order valence-electron chi connectivity index (χ4n) is 2.87. The van der Waals surface area contributed by atoms with Crippen LogP contribution in [0.2, 0.25) is 0 Å². The van der Waals surface area contributed by atoms with Crippen molar-refractivity contribution in [1.29, 1.82) is 0 Å². The second-order valence-electron chi connectivity index (χ2n) is 7.15. The van der Waals surface area contributed by atoms with Crippen LogP contribution in [-0.4, -0.2) is 37.0 Å². The Morgan fingerprint density at radius 2 is 1.73 bits per heavy atom. The average Bonchev–Trinajstić information content (AvgIpc) is 3.22. The van der Waals surface area contributed by atoms with Gasteiger partial charge in [0.2, 0.25) is 11.6 Å². The van der Waals surface area contributed by atoms with Crippen molar-refractivity contribution < 1.29 is 23.7 Å². The first kappa shape index (κ1) is 21.5. The lowest BCUT2D eigenvalue weighted by Gasteiger charge is -2.09. The second-order valence-corrected chi connectivity index (χ2v) is 7.15. The monoisotopic (exact) mass is 412 g/mol. The third-order valence-electron chi connectivity index (χ3n) is 4.54. The summed E-state index contributed by atoms with van der Waals surface area (Å²) in [5.41, 5.74) is 2.64. The van der Waals surface area contributed by atoms with Crippen molar-refractivity contribution in [1.82, 2.24) is 10.3 Å². The van der Waals surface area contributed by atoms with E-state index >= 15 is 0 Å². The number of phenols is 1. The summed E-state index contributed by atoms with van der Waals surface area (Å²) in [4.78, 5) is 4.50. The molecular weight excluding hydrogens is 384 g/mol. The zero-order valence-corrected chi connectivity index (χ0v) is 17.8. The Morgan fingerprint density at radius 3 is 2.33 bits per heavy atom. The quantitative estimate of drug-likeness (QED) is 0.516. The molecule has 0 spiro atoms. The third kappa shape index (κ3) is 5.45. The minimum Gasteiger partial charge on any atom is -0.502 e. The number of nitrogens with one attached hydrogen (secondary N) is 1. The van der Waals surface area contributed by atoms with Gasteiger partial charge in [-0.1, -0.05) is 26.0 Å². The second kappa shape index (κ2) is 10.0. The molecule has 0 saturated carbocycles. The van der Waals surface area contributed by atoms with Gasteiger partial charge in [0.15, 0.2) is 11.5 Å². The molecule has 160 valence electrons. The number of phenolic OH excluding ortho intramolecular Hbond substituents is 1. The zero-order chi connectivity index (χ0) is 21.5. The van der Waals surface area contributed by atoms with Gasteiger partial charge in [-0.2, -0.15) is 0 Å². The minimum atomic E-state index is -0.0602. The van der Waals surface area contributed by atoms with Gasteiger partial charge in [0.25, 0.3) is 0 Å². The Labute approximate surface area is 176 Å². The Bertz CT molecular complexity index is 925. The van der Waals surface area contributed by atoms with E-state index in [0.29, 0.717) is 42.0 Å². The third-order valence-corrected chi connectivity index (χ3v) is 4.54. The standard InChI is InChI=1S/C23H28N2O5/c1-15(2)24-13-16-5-7-19(8-6-16)29-10-9-18-14-30-23(25-18)17-11-20(27-3)22(26)21(12-17)28-4/h5-8,11-12,14-15,24,26H,9-10,13H2,1-4H3. The maximum atomic E-state index is 10.0. The molecule has 7 heteroatoms. The number of hydrogen-bond donors (Lipinski definition) is 2. The van der Waals surface area contributed by atoms with E-state index in [2.05, 4.69) is 36.3 Å². The van der Waals surface area contributed by atoms with Gasteiger partial charge in [-0.05, 0) is 29.8 Å². The SMILES string of the molecule is COc1cc(-c2nc(CCOc3ccc(CNC(C)C)cc3)co2)cc(OC)c1O. The highest BCUT2D eigenvalue weighted by molar-refractivity contribution is 5.65. The van der Waals surface area contributed by atoms with Crippen LogP contribution in [0, 0.1) is 0 Å². The van der Waals surface area contributed by atoms with Gasteiger partial charge >= 0.3 is 0 Å². The lowest BCUT2D eigenvalue weighted by molar-refractivity contribution is 0.320. The molecule has 1 aromatic heterocycles. The lowest BCUT2D eigenvalue weighted by Crippen LogP contribution is -2.21. The number of nitrogens with zero attached hydrogens (tertiary/aromatic N) is 1. The molecule has 0 bridgehead atoms. The first-order valence-corrected chi connectivity index (χ1v) is 9.85. The van der Waals surface area contributed by atoms with Crippen molar-refractivity contribution in [3.8, 4) is 34.5 Å². The van der Waals surface area contributed by atoms with Crippen molar-refractivity contribution in [2.45, 2.75) is 32.9 Å². The molecule has 0 amide bonds. The summed E-state index contributed by atoms with van der Waals surface area (Å²) < 4.78 is 21.8. The normalized spacial score (nSPS) is 11.0. The summed E-state index contributed by atoms with van der Waals surface area (Å²) in [5.74, 6) is 1.76. The van der Waals surface area contributed by atoms with Gasteiger partial charge in [0.1, 0.15) is 12.0 Å². The molecule has 30 heavy (non-hydrogen) atoms. The van der Waals surface area contributed by atoms with E-state index in [9.17, 15) is 5.11 Å². The summed E-state index contributed by atoms with van der Waals surface area (Å²) in [6.07, 6.45) is 2.21. The van der Waals surface area contributed by atoms with E-state index in [-0.39, 0.29) is 5.75 Å². The highest BCUT2D eigenvalue weighted by Crippen LogP contribution is 2.40. The van der Waals surface area contributed by atoms with Gasteiger partial charge in [0.05, 0.1) is 26.5 Å². The largest absolute Gasteiger partial charge is 0.502 e. The maximum Gasteiger partial charge on any atom is 0.226 e. The molecule has 2 N–H and O–H groups in total. The number of aromatic nitrogens is 1. The van der Waals surface area contributed by atoms with E-state index in [1.165, 1.54) is 19.8 Å². The molecule has 7 nitrogen and oxygen atoms in total. The van der Waals surface area contributed by atoms with E-state index in [0.717, 1.165) is 18.0 Å². The predicted octanol–water partition coefficient (Wildman–Crippen LogP) is 4.18. The van der Waals surface area contributed by atoms with Crippen LogP contribution < -0.4 is 19.5 Å². The number of benzene rings is 2. The van der Waals surface area contributed by atoms with Crippen LogP contribution >= 0.6 is 0 Å². The van der Waals surface area contributed by atoms with Crippen molar-refractivity contribution in [3.05, 3.63) is 53.9 Å². The zero-order valence-electron chi connectivity index (χ0n) is 17.8. The van der Waals surface area contributed by atoms with Crippen LogP contribution in [0.25, 0.3) is 11.5 Å². The molecule has 0 unspecified atom stereocenters. The van der Waals surface area contributed by atoms with Crippen molar-refractivity contribution >= 4 is 0 Å². The Kier molecular flexibility index (Phi) is 7.19. The minimum absolute atomic E-state index is 0.0602. The molecule has 3 aromatic rings. The average molecular weight is 412 g/mol. The molecule has 0 aliphatic heterocycles. The van der Waals surface area contributed by atoms with Crippen molar-refractivity contribution in [2.75, 3.05) is 20.8 Å². The van der Waals surface area contributed by atoms with Gasteiger partial charge in [-0.25, -0.2) is 4.98 Å². The number of rotatable bonds is 10. The van der Waals surface area contributed by atoms with Gasteiger partial charge in [0, 0.05) is 24.6 Å². The highest BCUT2D eigenvalue weighted by atomic mass is 16.5. The molecule has 0 aliphatic rings. The van der Waals surface area contributed by atoms with Crippen LogP contribution in [0.3, 0.4) is 0 Å². The highest BCUT2D eigenvalue weighted by Gasteiger charge is 2.15. The van der Waals surface area contributed by atoms with Gasteiger partial charge in [-0.15, -0.1) is 0 Å². The summed E-state index contributed by atoms with van der Waals surface area (Å²) in [7, 11) is 2.95. The number of methoxy groups -OCH3 is 2. The fraction of sp³-hybridized carbons (Fsp3) is 0.348. The van der Waals surface area contributed by atoms with Crippen LogP contribution in [0.15, 0.2) is 47.1 Å². The molecule has 0 fully saturated rings. The van der Waals surface area contributed by atoms with Crippen molar-refractivity contribution in [3.63, 3.8) is 0 Å². The summed E-state index contributed by atoms with van der Waals surface area (Å²) in [6.45, 7) is 5.58. The Morgan fingerprint density at radius 1 is 1.07 bits per heavy atom. The summed E-state index contributed by atoms with van der Waals surface area (Å²) in [6, 6.07) is 11.8. The van der Waals surface area contributed by atoms with E-state index in [1.807, 2.05) is 12.1 Å². The van der Waals surface area contributed by atoms with Crippen LogP contribution in [0.4, 0.5) is 0 Å². The molecule has 1 heterocycles. The Hall–Kier alpha value is -3.19. The number of hydrogen-bond acceptors (Lipinski definition) is 7. The molecule has 0 saturated heterocycles. The molecule has 0 radical (unpaired) electrons. The smallest absolute Gasteiger partial charge is 0.226 e. The molecular formula is C23H28N2O5. The van der Waals surface area contributed by atoms with Crippen LogP contribution in [0.1, 0.15) is 25.1 Å². The topological polar surface area (TPSA) is 86.0 Å². The Balaban J connectivity index is 1.57. The van der Waals surface area contributed by atoms with Gasteiger partial charge < -0.3 is 29.1 Å². The predicted molar refractivity (Wildman–Crippen MR) is 114 cm³/mol. The van der Waals surface area contributed by atoms with Crippen molar-refractivity contribution in [2.24, 2.45) is 0 Å². The lowest BCUT2D eigenvalue weighted by atomic mass is 10.2. The van der Waals surface area contributed by atoms with E-state index < -0.39 is 0 Å². The number of aromatic hydroxyl groups is 1. The van der Waals surface area contributed by atoms with E-state index in [1.54, 1.807) is 18.4 Å². The molecule has 0 atom stereocenters. The first-order valence-electron chi connectivity index (χ1n) is 9.85. The van der Waals surface area contributed by atoms with E-state index in [4.69, 9.17) is 18.6 Å². The van der Waals surface area contributed by atoms with Gasteiger partial charge in [-0.3, -0.25) is 0 Å². The fourth-order valence-corrected chi connectivity index (χ4v) is 2.87. The maximum absolute atomic E-state index is 10.0. The van der Waals surface area contributed by atoms with Crippen LogP contribution in [0.5, 0.6) is 23.0 Å². The van der Waals surface area contributed by atoms with Crippen LogP contribution in [-0.2, 0) is 13.0 Å². The molecule has 3 rings (SSSR count). The number of oxazole rings is 1. The summed E-state index contributed by atoms with van der Waals surface area (Å²) >= 11 is 0. The summed E-state index contributed by atoms with van der Waals surface area (Å²) in [5, 5.41) is 13.4. The number of ether oxygens (including phenoxy) is 3. The molecule has 2 aromatic carbocycles. The first-order chi connectivity index (χ1) is 14.5. The molecule has 0 aliphatic carbocycles.